The molecule has 120 valence electrons. The molecule has 3 heteroatoms. The second kappa shape index (κ2) is 9.16. The smallest absolute Gasteiger partial charge is 0.127 e. The average molecular weight is 294 g/mol. The molecular formula is C18H31FN2. The standard InChI is InChI=1S/C18H31FN2/c1-14(2)7-9-21(10-8-15(3)4)13-16-5-6-18(19)17(11-16)12-20/h5-6,11,14-15H,7-10,12-13,20H2,1-4H3. The normalized spacial score (nSPS) is 11.9. The van der Waals surface area contributed by atoms with E-state index in [0.717, 1.165) is 25.2 Å². The van der Waals surface area contributed by atoms with Gasteiger partial charge in [0, 0.05) is 18.7 Å². The first kappa shape index (κ1) is 18.1. The molecule has 0 aliphatic carbocycles. The fourth-order valence-corrected chi connectivity index (χ4v) is 2.29. The van der Waals surface area contributed by atoms with Crippen LogP contribution in [0.4, 0.5) is 4.39 Å². The van der Waals surface area contributed by atoms with Gasteiger partial charge in [0.05, 0.1) is 0 Å². The van der Waals surface area contributed by atoms with Crippen molar-refractivity contribution >= 4 is 0 Å². The van der Waals surface area contributed by atoms with Crippen molar-refractivity contribution in [3.05, 3.63) is 35.1 Å². The Balaban J connectivity index is 2.69. The minimum atomic E-state index is -0.197. The van der Waals surface area contributed by atoms with Gasteiger partial charge in [-0.2, -0.15) is 0 Å². The zero-order valence-electron chi connectivity index (χ0n) is 14.0. The maximum atomic E-state index is 13.5. The van der Waals surface area contributed by atoms with Crippen LogP contribution in [0, 0.1) is 17.7 Å². The van der Waals surface area contributed by atoms with Gasteiger partial charge < -0.3 is 5.73 Å². The second-order valence-corrected chi connectivity index (χ2v) is 6.77. The van der Waals surface area contributed by atoms with Crippen molar-refractivity contribution in [2.45, 2.75) is 53.6 Å². The fraction of sp³-hybridized carbons (Fsp3) is 0.667. The maximum absolute atomic E-state index is 13.5. The summed E-state index contributed by atoms with van der Waals surface area (Å²) in [5, 5.41) is 0. The highest BCUT2D eigenvalue weighted by Crippen LogP contribution is 2.14. The van der Waals surface area contributed by atoms with Crippen molar-refractivity contribution in [3.8, 4) is 0 Å². The van der Waals surface area contributed by atoms with Crippen molar-refractivity contribution in [1.29, 1.82) is 0 Å². The van der Waals surface area contributed by atoms with Gasteiger partial charge in [-0.3, -0.25) is 4.90 Å². The third-order valence-electron chi connectivity index (χ3n) is 3.78. The number of halogens is 1. The van der Waals surface area contributed by atoms with Crippen LogP contribution in [-0.2, 0) is 13.1 Å². The Kier molecular flexibility index (Phi) is 7.91. The zero-order valence-corrected chi connectivity index (χ0v) is 14.0. The van der Waals surface area contributed by atoms with Crippen LogP contribution in [0.3, 0.4) is 0 Å². The molecule has 0 amide bonds. The first-order chi connectivity index (χ1) is 9.92. The zero-order chi connectivity index (χ0) is 15.8. The van der Waals surface area contributed by atoms with E-state index < -0.39 is 0 Å². The molecule has 1 aromatic rings. The maximum Gasteiger partial charge on any atom is 0.127 e. The first-order valence-corrected chi connectivity index (χ1v) is 8.12. The summed E-state index contributed by atoms with van der Waals surface area (Å²) in [5.41, 5.74) is 7.36. The Labute approximate surface area is 129 Å². The molecule has 0 aliphatic rings. The lowest BCUT2D eigenvalue weighted by atomic mass is 10.1. The molecule has 21 heavy (non-hydrogen) atoms. The van der Waals surface area contributed by atoms with Crippen LogP contribution in [-0.4, -0.2) is 18.0 Å². The van der Waals surface area contributed by atoms with E-state index in [2.05, 4.69) is 32.6 Å². The van der Waals surface area contributed by atoms with Crippen LogP contribution in [0.15, 0.2) is 18.2 Å². The van der Waals surface area contributed by atoms with E-state index in [1.54, 1.807) is 6.07 Å². The molecular weight excluding hydrogens is 263 g/mol. The van der Waals surface area contributed by atoms with Gasteiger partial charge in [-0.05, 0) is 49.4 Å². The third kappa shape index (κ3) is 7.05. The minimum absolute atomic E-state index is 0.197. The number of rotatable bonds is 9. The van der Waals surface area contributed by atoms with Crippen LogP contribution in [0.5, 0.6) is 0 Å². The molecule has 0 saturated heterocycles. The van der Waals surface area contributed by atoms with Crippen LogP contribution in [0.2, 0.25) is 0 Å². The van der Waals surface area contributed by atoms with E-state index in [9.17, 15) is 4.39 Å². The lowest BCUT2D eigenvalue weighted by Crippen LogP contribution is -2.27. The number of hydrogen-bond donors (Lipinski definition) is 1. The van der Waals surface area contributed by atoms with Crippen LogP contribution < -0.4 is 5.73 Å². The van der Waals surface area contributed by atoms with Crippen molar-refractivity contribution in [3.63, 3.8) is 0 Å². The SMILES string of the molecule is CC(C)CCN(CCC(C)C)Cc1ccc(F)c(CN)c1. The number of nitrogens with zero attached hydrogens (tertiary/aromatic N) is 1. The van der Waals surface area contributed by atoms with Gasteiger partial charge in [-0.1, -0.05) is 39.8 Å². The van der Waals surface area contributed by atoms with E-state index in [-0.39, 0.29) is 12.4 Å². The summed E-state index contributed by atoms with van der Waals surface area (Å²) in [7, 11) is 0. The summed E-state index contributed by atoms with van der Waals surface area (Å²) in [5.74, 6) is 1.22. The van der Waals surface area contributed by atoms with Gasteiger partial charge in [0.25, 0.3) is 0 Å². The first-order valence-electron chi connectivity index (χ1n) is 8.12. The number of hydrogen-bond acceptors (Lipinski definition) is 2. The molecule has 0 aliphatic heterocycles. The highest BCUT2D eigenvalue weighted by molar-refractivity contribution is 5.25. The second-order valence-electron chi connectivity index (χ2n) is 6.77. The molecule has 0 radical (unpaired) electrons. The predicted molar refractivity (Wildman–Crippen MR) is 88.5 cm³/mol. The van der Waals surface area contributed by atoms with Gasteiger partial charge in [0.2, 0.25) is 0 Å². The number of nitrogens with two attached hydrogens (primary N) is 1. The lowest BCUT2D eigenvalue weighted by Gasteiger charge is -2.24. The summed E-state index contributed by atoms with van der Waals surface area (Å²) < 4.78 is 13.5. The lowest BCUT2D eigenvalue weighted by molar-refractivity contribution is 0.235. The predicted octanol–water partition coefficient (Wildman–Crippen LogP) is 4.18. The Morgan fingerprint density at radius 1 is 1.05 bits per heavy atom. The summed E-state index contributed by atoms with van der Waals surface area (Å²) in [6.45, 7) is 12.4. The van der Waals surface area contributed by atoms with Crippen LogP contribution >= 0.6 is 0 Å². The van der Waals surface area contributed by atoms with Gasteiger partial charge in [-0.25, -0.2) is 4.39 Å². The molecule has 0 bridgehead atoms. The van der Waals surface area contributed by atoms with Crippen molar-refractivity contribution in [2.24, 2.45) is 17.6 Å². The summed E-state index contributed by atoms with van der Waals surface area (Å²) in [6, 6.07) is 5.33. The molecule has 1 rings (SSSR count). The van der Waals surface area contributed by atoms with Gasteiger partial charge in [-0.15, -0.1) is 0 Å². The van der Waals surface area contributed by atoms with E-state index in [1.807, 2.05) is 12.1 Å². The highest BCUT2D eigenvalue weighted by Gasteiger charge is 2.10. The Bertz CT molecular complexity index is 404. The summed E-state index contributed by atoms with van der Waals surface area (Å²) >= 11 is 0. The van der Waals surface area contributed by atoms with Crippen molar-refractivity contribution in [2.75, 3.05) is 13.1 Å². The number of benzene rings is 1. The van der Waals surface area contributed by atoms with Gasteiger partial charge in [0.1, 0.15) is 5.82 Å². The molecule has 0 saturated carbocycles. The minimum Gasteiger partial charge on any atom is -0.326 e. The van der Waals surface area contributed by atoms with E-state index in [0.29, 0.717) is 17.4 Å². The molecule has 2 nitrogen and oxygen atoms in total. The molecule has 0 heterocycles. The van der Waals surface area contributed by atoms with Crippen molar-refractivity contribution < 1.29 is 4.39 Å². The Morgan fingerprint density at radius 2 is 1.62 bits per heavy atom. The largest absolute Gasteiger partial charge is 0.326 e. The molecule has 0 spiro atoms. The monoisotopic (exact) mass is 294 g/mol. The summed E-state index contributed by atoms with van der Waals surface area (Å²) in [6.07, 6.45) is 2.39. The topological polar surface area (TPSA) is 29.3 Å². The van der Waals surface area contributed by atoms with Gasteiger partial charge >= 0.3 is 0 Å². The fourth-order valence-electron chi connectivity index (χ4n) is 2.29. The molecule has 0 atom stereocenters. The molecule has 0 fully saturated rings. The van der Waals surface area contributed by atoms with E-state index in [1.165, 1.54) is 12.8 Å². The quantitative estimate of drug-likeness (QED) is 0.740. The average Bonchev–Trinajstić information content (AvgIpc) is 2.43. The van der Waals surface area contributed by atoms with E-state index >= 15 is 0 Å². The van der Waals surface area contributed by atoms with Crippen molar-refractivity contribution in [1.82, 2.24) is 4.90 Å². The highest BCUT2D eigenvalue weighted by atomic mass is 19.1. The van der Waals surface area contributed by atoms with Crippen LogP contribution in [0.25, 0.3) is 0 Å². The molecule has 0 aromatic heterocycles. The van der Waals surface area contributed by atoms with Gasteiger partial charge in [0.15, 0.2) is 0 Å². The molecule has 1 aromatic carbocycles. The van der Waals surface area contributed by atoms with Crippen LogP contribution in [0.1, 0.15) is 51.7 Å². The Hall–Kier alpha value is -0.930. The molecule has 0 unspecified atom stereocenters. The summed E-state index contributed by atoms with van der Waals surface area (Å²) in [4.78, 5) is 2.48. The Morgan fingerprint density at radius 3 is 2.10 bits per heavy atom. The molecule has 2 N–H and O–H groups in total. The van der Waals surface area contributed by atoms with E-state index in [4.69, 9.17) is 5.73 Å². The third-order valence-corrected chi connectivity index (χ3v) is 3.78.